The quantitative estimate of drug-likeness (QED) is 0.121. The van der Waals surface area contributed by atoms with Crippen molar-refractivity contribution >= 4 is 22.1 Å². The number of hydrogen-bond acceptors (Lipinski definition) is 10. The molecule has 0 spiro atoms. The Morgan fingerprint density at radius 1 is 0.833 bits per heavy atom. The number of hydrogen-bond donors (Lipinski definition) is 4. The molecule has 2 unspecified atom stereocenters. The van der Waals surface area contributed by atoms with Crippen LogP contribution in [0.4, 0.5) is 0 Å². The molecule has 11 nitrogen and oxygen atoms in total. The minimum atomic E-state index is -5.24. The van der Waals surface area contributed by atoms with Crippen LogP contribution in [0.1, 0.15) is 37.0 Å². The lowest BCUT2D eigenvalue weighted by molar-refractivity contribution is -0.236. The van der Waals surface area contributed by atoms with Crippen molar-refractivity contribution in [3.05, 3.63) is 102 Å². The van der Waals surface area contributed by atoms with Crippen molar-refractivity contribution in [3.63, 3.8) is 0 Å². The summed E-state index contributed by atoms with van der Waals surface area (Å²) in [5, 5.41) is 11.4. The van der Waals surface area contributed by atoms with Crippen LogP contribution in [0.15, 0.2) is 84.9 Å². The SMILES string of the molecule is CC(C)C[C@](N)(C(=O)OC(O)(C(=O)OCc1ccccc1)C(N)Cc1ccc(OCc2ccccc2)cc1)S(=O)(=O)O. The van der Waals surface area contributed by atoms with E-state index in [1.807, 2.05) is 30.3 Å². The number of aliphatic hydroxyl groups is 1. The summed E-state index contributed by atoms with van der Waals surface area (Å²) in [6.45, 7) is 3.14. The first-order valence-electron chi connectivity index (χ1n) is 13.2. The predicted octanol–water partition coefficient (Wildman–Crippen LogP) is 2.70. The van der Waals surface area contributed by atoms with Crippen molar-refractivity contribution in [2.24, 2.45) is 17.4 Å². The normalized spacial score (nSPS) is 15.2. The molecule has 3 aromatic rings. The molecule has 6 N–H and O–H groups in total. The van der Waals surface area contributed by atoms with E-state index >= 15 is 0 Å². The van der Waals surface area contributed by atoms with E-state index in [2.05, 4.69) is 0 Å². The first-order chi connectivity index (χ1) is 19.7. The topological polar surface area (TPSA) is 188 Å². The highest BCUT2D eigenvalue weighted by molar-refractivity contribution is 7.88. The van der Waals surface area contributed by atoms with Gasteiger partial charge in [-0.15, -0.1) is 0 Å². The Hall–Kier alpha value is -3.81. The van der Waals surface area contributed by atoms with Crippen LogP contribution >= 0.6 is 0 Å². The van der Waals surface area contributed by atoms with Gasteiger partial charge in [0.15, 0.2) is 0 Å². The number of carbonyl (C=O) groups excluding carboxylic acids is 2. The summed E-state index contributed by atoms with van der Waals surface area (Å²) >= 11 is 0. The molecular weight excluding hydrogens is 564 g/mol. The largest absolute Gasteiger partial charge is 0.489 e. The summed E-state index contributed by atoms with van der Waals surface area (Å²) in [6.07, 6.45) is -0.781. The van der Waals surface area contributed by atoms with Crippen molar-refractivity contribution < 1.29 is 41.9 Å². The number of benzene rings is 3. The van der Waals surface area contributed by atoms with E-state index < -0.39 is 51.1 Å². The monoisotopic (exact) mass is 600 g/mol. The summed E-state index contributed by atoms with van der Waals surface area (Å²) in [4.78, 5) is 23.3. The molecule has 0 aliphatic carbocycles. The fourth-order valence-corrected chi connectivity index (χ4v) is 4.87. The summed E-state index contributed by atoms with van der Waals surface area (Å²) in [7, 11) is -5.24. The number of nitrogens with two attached hydrogens (primary N) is 2. The molecule has 0 saturated carbocycles. The number of esters is 2. The van der Waals surface area contributed by atoms with E-state index in [0.717, 1.165) is 5.56 Å². The second-order valence-electron chi connectivity index (χ2n) is 10.3. The van der Waals surface area contributed by atoms with E-state index in [4.69, 9.17) is 25.7 Å². The van der Waals surface area contributed by atoms with Gasteiger partial charge in [-0.25, -0.2) is 9.59 Å². The molecule has 0 radical (unpaired) electrons. The van der Waals surface area contributed by atoms with Gasteiger partial charge in [0.25, 0.3) is 10.1 Å². The Labute approximate surface area is 245 Å². The average molecular weight is 601 g/mol. The number of rotatable bonds is 14. The van der Waals surface area contributed by atoms with Gasteiger partial charge in [0.1, 0.15) is 19.0 Å². The second-order valence-corrected chi connectivity index (χ2v) is 12.0. The molecule has 0 saturated heterocycles. The Kier molecular flexibility index (Phi) is 10.8. The maximum absolute atomic E-state index is 13.2. The molecule has 0 amide bonds. The molecule has 3 rings (SSSR count). The molecule has 3 aromatic carbocycles. The van der Waals surface area contributed by atoms with Crippen LogP contribution in [0.5, 0.6) is 5.75 Å². The standard InChI is InChI=1S/C30H36N2O9S/c1-21(2)18-29(32,42(36,37)38)27(33)41-30(35,28(34)40-20-24-11-7-4-8-12-24)26(31)17-22-13-15-25(16-14-22)39-19-23-9-5-3-6-10-23/h3-16,21,26,35H,17-20,31-32H2,1-2H3,(H,36,37,38)/t26?,29-,30?/m1/s1. The fourth-order valence-electron chi connectivity index (χ4n) is 4.08. The summed E-state index contributed by atoms with van der Waals surface area (Å²) < 4.78 is 50.0. The summed E-state index contributed by atoms with van der Waals surface area (Å²) in [5.74, 6) is -6.33. The van der Waals surface area contributed by atoms with Gasteiger partial charge in [-0.05, 0) is 47.6 Å². The zero-order valence-electron chi connectivity index (χ0n) is 23.4. The van der Waals surface area contributed by atoms with Crippen molar-refractivity contribution in [1.29, 1.82) is 0 Å². The first-order valence-corrected chi connectivity index (χ1v) is 14.6. The van der Waals surface area contributed by atoms with Crippen LogP contribution in [-0.4, -0.2) is 46.7 Å². The van der Waals surface area contributed by atoms with Gasteiger partial charge in [0, 0.05) is 0 Å². The lowest BCUT2D eigenvalue weighted by atomic mass is 9.98. The Balaban J connectivity index is 1.82. The fraction of sp³-hybridized carbons (Fsp3) is 0.333. The molecular formula is C30H36N2O9S. The lowest BCUT2D eigenvalue weighted by Crippen LogP contribution is -2.64. The Bertz CT molecular complexity index is 1430. The van der Waals surface area contributed by atoms with Crippen LogP contribution in [0, 0.1) is 5.92 Å². The molecule has 12 heteroatoms. The molecule has 0 fully saturated rings. The van der Waals surface area contributed by atoms with Gasteiger partial charge in [0.05, 0.1) is 6.04 Å². The predicted molar refractivity (Wildman–Crippen MR) is 154 cm³/mol. The Morgan fingerprint density at radius 3 is 1.86 bits per heavy atom. The minimum Gasteiger partial charge on any atom is -0.489 e. The third-order valence-electron chi connectivity index (χ3n) is 6.40. The van der Waals surface area contributed by atoms with Crippen LogP contribution < -0.4 is 16.2 Å². The van der Waals surface area contributed by atoms with Gasteiger partial charge in [-0.3, -0.25) is 4.55 Å². The molecule has 42 heavy (non-hydrogen) atoms. The van der Waals surface area contributed by atoms with E-state index in [-0.39, 0.29) is 13.0 Å². The number of carbonyl (C=O) groups is 2. The highest BCUT2D eigenvalue weighted by Crippen LogP contribution is 2.27. The zero-order chi connectivity index (χ0) is 31.0. The van der Waals surface area contributed by atoms with Gasteiger partial charge in [0.2, 0.25) is 4.87 Å². The third-order valence-corrected chi connectivity index (χ3v) is 7.65. The Morgan fingerprint density at radius 2 is 1.36 bits per heavy atom. The molecule has 0 aliphatic rings. The molecule has 3 atom stereocenters. The van der Waals surface area contributed by atoms with Crippen molar-refractivity contribution in [1.82, 2.24) is 0 Å². The van der Waals surface area contributed by atoms with Crippen molar-refractivity contribution in [3.8, 4) is 5.75 Å². The smallest absolute Gasteiger partial charge is 0.381 e. The summed E-state index contributed by atoms with van der Waals surface area (Å²) in [6, 6.07) is 23.0. The highest BCUT2D eigenvalue weighted by atomic mass is 32.2. The molecule has 0 aromatic heterocycles. The summed E-state index contributed by atoms with van der Waals surface area (Å²) in [5.41, 5.74) is 14.1. The van der Waals surface area contributed by atoms with E-state index in [0.29, 0.717) is 23.5 Å². The maximum Gasteiger partial charge on any atom is 0.381 e. The van der Waals surface area contributed by atoms with E-state index in [1.54, 1.807) is 68.4 Å². The minimum absolute atomic E-state index is 0.211. The molecule has 226 valence electrons. The second kappa shape index (κ2) is 13.9. The van der Waals surface area contributed by atoms with Crippen LogP contribution in [-0.2, 0) is 48.8 Å². The van der Waals surface area contributed by atoms with Gasteiger partial charge in [-0.2, -0.15) is 8.42 Å². The van der Waals surface area contributed by atoms with Crippen LogP contribution in [0.2, 0.25) is 0 Å². The highest BCUT2D eigenvalue weighted by Gasteiger charge is 2.55. The van der Waals surface area contributed by atoms with Gasteiger partial charge >= 0.3 is 17.7 Å². The average Bonchev–Trinajstić information content (AvgIpc) is 2.95. The third kappa shape index (κ3) is 8.37. The van der Waals surface area contributed by atoms with Crippen LogP contribution in [0.3, 0.4) is 0 Å². The van der Waals surface area contributed by atoms with Crippen molar-refractivity contribution in [2.45, 2.75) is 56.6 Å². The molecule has 0 aliphatic heterocycles. The van der Waals surface area contributed by atoms with Gasteiger partial charge < -0.3 is 30.8 Å². The van der Waals surface area contributed by atoms with E-state index in [9.17, 15) is 27.7 Å². The first kappa shape index (κ1) is 32.7. The zero-order valence-corrected chi connectivity index (χ0v) is 24.2. The van der Waals surface area contributed by atoms with Crippen LogP contribution in [0.25, 0.3) is 0 Å². The van der Waals surface area contributed by atoms with E-state index in [1.165, 1.54) is 0 Å². The number of ether oxygens (including phenoxy) is 3. The van der Waals surface area contributed by atoms with Crippen molar-refractivity contribution in [2.75, 3.05) is 0 Å². The molecule has 0 heterocycles. The maximum atomic E-state index is 13.2. The van der Waals surface area contributed by atoms with Gasteiger partial charge in [-0.1, -0.05) is 86.6 Å². The molecule has 0 bridgehead atoms. The lowest BCUT2D eigenvalue weighted by Gasteiger charge is -2.34.